The van der Waals surface area contributed by atoms with E-state index in [1.807, 2.05) is 0 Å². The van der Waals surface area contributed by atoms with E-state index in [4.69, 9.17) is 17.3 Å². The van der Waals surface area contributed by atoms with E-state index in [9.17, 15) is 0 Å². The number of hydrogen-bond acceptors (Lipinski definition) is 1. The Kier molecular flexibility index (Phi) is 3.36. The Morgan fingerprint density at radius 1 is 1.45 bits per heavy atom. The summed E-state index contributed by atoms with van der Waals surface area (Å²) in [6.07, 6.45) is 6.37. The number of rotatable bonds is 2. The van der Waals surface area contributed by atoms with E-state index in [1.165, 1.54) is 32.0 Å². The first-order valence-electron chi connectivity index (χ1n) is 3.79. The van der Waals surface area contributed by atoms with Crippen LogP contribution in [0.15, 0.2) is 9.98 Å². The molecule has 62 valence electrons. The minimum atomic E-state index is 0.0479. The van der Waals surface area contributed by atoms with E-state index in [0.717, 1.165) is 0 Å². The van der Waals surface area contributed by atoms with Gasteiger partial charge in [0.1, 0.15) is 6.34 Å². The molecule has 1 aliphatic carbocycles. The van der Waals surface area contributed by atoms with Crippen LogP contribution in [0.1, 0.15) is 25.7 Å². The van der Waals surface area contributed by atoms with E-state index in [0.29, 0.717) is 6.04 Å². The average molecular weight is 174 g/mol. The Morgan fingerprint density at radius 2 is 2.09 bits per heavy atom. The highest BCUT2D eigenvalue weighted by atomic mass is 35.5. The summed E-state index contributed by atoms with van der Waals surface area (Å²) in [5, 5.41) is 0.0479. The van der Waals surface area contributed by atoms with Crippen LogP contribution in [0.3, 0.4) is 0 Å². The van der Waals surface area contributed by atoms with Gasteiger partial charge >= 0.3 is 0 Å². The predicted molar refractivity (Wildman–Crippen MR) is 48.2 cm³/mol. The summed E-state index contributed by atoms with van der Waals surface area (Å²) in [5.74, 6) is 0. The zero-order valence-electron chi connectivity index (χ0n) is 6.33. The second-order valence-electron chi connectivity index (χ2n) is 2.65. The highest BCUT2D eigenvalue weighted by molar-refractivity contribution is 6.64. The molecular formula is C7H12ClN3. The maximum atomic E-state index is 5.30. The van der Waals surface area contributed by atoms with Crippen molar-refractivity contribution in [3.63, 3.8) is 0 Å². The quantitative estimate of drug-likeness (QED) is 0.384. The molecular weight excluding hydrogens is 162 g/mol. The number of nitrogens with zero attached hydrogens (tertiary/aromatic N) is 2. The molecule has 1 aliphatic rings. The maximum absolute atomic E-state index is 5.30. The van der Waals surface area contributed by atoms with Crippen LogP contribution in [0.4, 0.5) is 0 Å². The van der Waals surface area contributed by atoms with Crippen molar-refractivity contribution in [1.82, 2.24) is 0 Å². The fourth-order valence-electron chi connectivity index (χ4n) is 1.24. The summed E-state index contributed by atoms with van der Waals surface area (Å²) < 4.78 is 0. The van der Waals surface area contributed by atoms with Crippen molar-refractivity contribution in [3.8, 4) is 0 Å². The lowest BCUT2D eigenvalue weighted by Gasteiger charge is -1.97. The summed E-state index contributed by atoms with van der Waals surface area (Å²) in [6, 6.07) is 0.453. The number of hydrogen-bond donors (Lipinski definition) is 1. The van der Waals surface area contributed by atoms with Crippen molar-refractivity contribution < 1.29 is 0 Å². The average Bonchev–Trinajstić information content (AvgIpc) is 2.39. The van der Waals surface area contributed by atoms with Crippen molar-refractivity contribution in [2.45, 2.75) is 31.7 Å². The third-order valence-electron chi connectivity index (χ3n) is 1.78. The number of amidine groups is 1. The first kappa shape index (κ1) is 8.53. The van der Waals surface area contributed by atoms with Crippen LogP contribution in [-0.4, -0.2) is 17.7 Å². The van der Waals surface area contributed by atoms with Crippen LogP contribution >= 0.6 is 11.6 Å². The highest BCUT2D eigenvalue weighted by Crippen LogP contribution is 2.20. The summed E-state index contributed by atoms with van der Waals surface area (Å²) >= 11 is 5.30. The van der Waals surface area contributed by atoms with Gasteiger partial charge in [0.25, 0.3) is 0 Å². The Hall–Kier alpha value is -0.570. The number of aliphatic imine (C=N–C) groups is 2. The Bertz CT molecular complexity index is 167. The van der Waals surface area contributed by atoms with Crippen LogP contribution in [0, 0.1) is 0 Å². The lowest BCUT2D eigenvalue weighted by Crippen LogP contribution is -2.02. The van der Waals surface area contributed by atoms with Crippen LogP contribution in [0.25, 0.3) is 0 Å². The fraction of sp³-hybridized carbons (Fsp3) is 0.714. The van der Waals surface area contributed by atoms with E-state index >= 15 is 0 Å². The molecule has 0 atom stereocenters. The summed E-state index contributed by atoms with van der Waals surface area (Å²) in [6.45, 7) is 0. The van der Waals surface area contributed by atoms with Gasteiger partial charge in [-0.3, -0.25) is 4.99 Å². The molecule has 0 spiro atoms. The van der Waals surface area contributed by atoms with Crippen molar-refractivity contribution in [3.05, 3.63) is 0 Å². The van der Waals surface area contributed by atoms with Gasteiger partial charge in [-0.2, -0.15) is 0 Å². The molecule has 11 heavy (non-hydrogen) atoms. The Morgan fingerprint density at radius 3 is 2.64 bits per heavy atom. The minimum absolute atomic E-state index is 0.0479. The second-order valence-corrected chi connectivity index (χ2v) is 3.04. The Labute approximate surface area is 71.4 Å². The zero-order chi connectivity index (χ0) is 8.10. The normalized spacial score (nSPS) is 21.7. The fourth-order valence-corrected chi connectivity index (χ4v) is 1.28. The molecule has 0 aliphatic heterocycles. The van der Waals surface area contributed by atoms with Crippen LogP contribution in [0.5, 0.6) is 0 Å². The van der Waals surface area contributed by atoms with Gasteiger partial charge in [0.15, 0.2) is 5.29 Å². The van der Waals surface area contributed by atoms with E-state index < -0.39 is 0 Å². The van der Waals surface area contributed by atoms with Crippen molar-refractivity contribution in [2.24, 2.45) is 15.7 Å². The highest BCUT2D eigenvalue weighted by Gasteiger charge is 2.11. The third kappa shape index (κ3) is 3.37. The van der Waals surface area contributed by atoms with E-state index in [2.05, 4.69) is 9.98 Å². The molecule has 2 N–H and O–H groups in total. The lowest BCUT2D eigenvalue weighted by atomic mass is 10.3. The number of halogens is 1. The topological polar surface area (TPSA) is 50.7 Å². The molecule has 1 rings (SSSR count). The lowest BCUT2D eigenvalue weighted by molar-refractivity contribution is 0.709. The predicted octanol–water partition coefficient (Wildman–Crippen LogP) is 1.51. The first-order chi connectivity index (χ1) is 5.29. The molecule has 0 heterocycles. The smallest absolute Gasteiger partial charge is 0.194 e. The summed E-state index contributed by atoms with van der Waals surface area (Å²) in [7, 11) is 0. The largest absolute Gasteiger partial charge is 0.374 e. The molecule has 0 aromatic carbocycles. The first-order valence-corrected chi connectivity index (χ1v) is 4.17. The molecule has 4 heteroatoms. The molecule has 0 saturated heterocycles. The van der Waals surface area contributed by atoms with Crippen LogP contribution in [0.2, 0.25) is 0 Å². The molecule has 0 amide bonds. The molecule has 1 saturated carbocycles. The van der Waals surface area contributed by atoms with Gasteiger partial charge in [0, 0.05) is 0 Å². The summed E-state index contributed by atoms with van der Waals surface area (Å²) in [5.41, 5.74) is 5.10. The Balaban J connectivity index is 2.28. The van der Waals surface area contributed by atoms with E-state index in [-0.39, 0.29) is 5.29 Å². The molecule has 0 radical (unpaired) electrons. The van der Waals surface area contributed by atoms with Crippen molar-refractivity contribution in [1.29, 1.82) is 0 Å². The molecule has 0 bridgehead atoms. The molecule has 0 unspecified atom stereocenters. The number of nitrogens with two attached hydrogens (primary N) is 1. The van der Waals surface area contributed by atoms with Gasteiger partial charge in [-0.25, -0.2) is 4.99 Å². The molecule has 1 fully saturated rings. The van der Waals surface area contributed by atoms with Gasteiger partial charge in [0.05, 0.1) is 6.04 Å². The third-order valence-corrected chi connectivity index (χ3v) is 1.88. The van der Waals surface area contributed by atoms with Crippen molar-refractivity contribution in [2.75, 3.05) is 0 Å². The molecule has 0 aromatic heterocycles. The maximum Gasteiger partial charge on any atom is 0.194 e. The van der Waals surface area contributed by atoms with Gasteiger partial charge in [-0.15, -0.1) is 0 Å². The molecule has 0 aromatic rings. The van der Waals surface area contributed by atoms with Crippen LogP contribution < -0.4 is 5.73 Å². The monoisotopic (exact) mass is 173 g/mol. The van der Waals surface area contributed by atoms with Gasteiger partial charge < -0.3 is 5.73 Å². The van der Waals surface area contributed by atoms with Crippen molar-refractivity contribution >= 4 is 23.2 Å². The minimum Gasteiger partial charge on any atom is -0.374 e. The van der Waals surface area contributed by atoms with Gasteiger partial charge in [-0.05, 0) is 24.4 Å². The van der Waals surface area contributed by atoms with Crippen LogP contribution in [-0.2, 0) is 0 Å². The van der Waals surface area contributed by atoms with Gasteiger partial charge in [-0.1, -0.05) is 12.8 Å². The standard InChI is InChI=1S/C7H12ClN3/c8-7(9)11-5-10-6-3-1-2-4-6/h5-6H,1-4H2,(H2,9,10,11). The summed E-state index contributed by atoms with van der Waals surface area (Å²) in [4.78, 5) is 7.84. The second kappa shape index (κ2) is 4.34. The zero-order valence-corrected chi connectivity index (χ0v) is 7.09. The van der Waals surface area contributed by atoms with E-state index in [1.54, 1.807) is 0 Å². The molecule has 3 nitrogen and oxygen atoms in total. The SMILES string of the molecule is NC(Cl)=NC=NC1CCCC1. The van der Waals surface area contributed by atoms with Gasteiger partial charge in [0.2, 0.25) is 0 Å².